The van der Waals surface area contributed by atoms with Crippen molar-refractivity contribution < 1.29 is 16.8 Å². The van der Waals surface area contributed by atoms with Crippen LogP contribution in [0.15, 0.2) is 64.9 Å². The van der Waals surface area contributed by atoms with Crippen LogP contribution in [0.25, 0.3) is 21.3 Å². The Morgan fingerprint density at radius 1 is 1.03 bits per heavy atom. The van der Waals surface area contributed by atoms with Crippen LogP contribution in [0.2, 0.25) is 0 Å². The lowest BCUT2D eigenvalue weighted by atomic mass is 10.1. The Morgan fingerprint density at radius 3 is 2.58 bits per heavy atom. The van der Waals surface area contributed by atoms with Gasteiger partial charge >= 0.3 is 0 Å². The minimum atomic E-state index is -3.99. The van der Waals surface area contributed by atoms with E-state index in [0.717, 1.165) is 15.2 Å². The molecule has 0 spiro atoms. The van der Waals surface area contributed by atoms with E-state index < -0.39 is 19.9 Å². The third-order valence-electron chi connectivity index (χ3n) is 5.07. The van der Waals surface area contributed by atoms with E-state index in [9.17, 15) is 16.8 Å². The Hall–Kier alpha value is -2.89. The van der Waals surface area contributed by atoms with Crippen LogP contribution in [0.1, 0.15) is 5.01 Å². The van der Waals surface area contributed by atoms with Crippen molar-refractivity contribution in [3.8, 4) is 11.1 Å². The molecule has 1 aliphatic heterocycles. The second-order valence-corrected chi connectivity index (χ2v) is 12.2. The van der Waals surface area contributed by atoms with Gasteiger partial charge in [-0.05, 0) is 42.8 Å². The number of anilines is 1. The number of hydrogen-bond acceptors (Lipinski definition) is 8. The number of benzene rings is 2. The van der Waals surface area contributed by atoms with E-state index in [2.05, 4.69) is 15.0 Å². The molecular formula is C20H16N4O4S3. The molecular weight excluding hydrogens is 456 g/mol. The number of rotatable bonds is 3. The van der Waals surface area contributed by atoms with Gasteiger partial charge in [-0.2, -0.15) is 0 Å². The Kier molecular flexibility index (Phi) is 4.57. The molecule has 8 nitrogen and oxygen atoms in total. The molecule has 3 heterocycles. The first kappa shape index (κ1) is 20.0. The molecule has 11 heteroatoms. The largest absolute Gasteiger partial charge is 0.264 e. The maximum absolute atomic E-state index is 13.5. The van der Waals surface area contributed by atoms with Crippen LogP contribution in [0.3, 0.4) is 0 Å². The highest BCUT2D eigenvalue weighted by atomic mass is 32.2. The lowest BCUT2D eigenvalue weighted by molar-refractivity contribution is 0.584. The molecule has 2 aromatic heterocycles. The summed E-state index contributed by atoms with van der Waals surface area (Å²) < 4.78 is 54.3. The third kappa shape index (κ3) is 3.38. The summed E-state index contributed by atoms with van der Waals surface area (Å²) in [7, 11) is -7.58. The minimum absolute atomic E-state index is 0.00219. The fraction of sp³-hybridized carbons (Fsp3) is 0.150. The second kappa shape index (κ2) is 7.08. The zero-order valence-electron chi connectivity index (χ0n) is 16.3. The molecule has 0 bridgehead atoms. The molecule has 2 aromatic carbocycles. The summed E-state index contributed by atoms with van der Waals surface area (Å²) in [4.78, 5) is 12.4. The quantitative estimate of drug-likeness (QED) is 0.451. The van der Waals surface area contributed by atoms with E-state index in [0.29, 0.717) is 11.1 Å². The average Bonchev–Trinajstić information content (AvgIpc) is 3.13. The van der Waals surface area contributed by atoms with Crippen molar-refractivity contribution in [2.24, 2.45) is 0 Å². The predicted octanol–water partition coefficient (Wildman–Crippen LogP) is 3.04. The Morgan fingerprint density at radius 2 is 1.81 bits per heavy atom. The second-order valence-electron chi connectivity index (χ2n) is 7.07. The lowest BCUT2D eigenvalue weighted by Gasteiger charge is -2.30. The summed E-state index contributed by atoms with van der Waals surface area (Å²) in [6, 6.07) is 9.42. The maximum atomic E-state index is 13.5. The molecule has 1 aliphatic rings. The van der Waals surface area contributed by atoms with Crippen LogP contribution in [0.4, 0.5) is 5.69 Å². The van der Waals surface area contributed by atoms with E-state index in [-0.39, 0.29) is 27.8 Å². The van der Waals surface area contributed by atoms with Gasteiger partial charge in [-0.25, -0.2) is 31.8 Å². The molecule has 0 amide bonds. The molecule has 0 fully saturated rings. The first-order chi connectivity index (χ1) is 14.8. The van der Waals surface area contributed by atoms with Gasteiger partial charge in [-0.1, -0.05) is 6.07 Å². The highest BCUT2D eigenvalue weighted by Crippen LogP contribution is 2.38. The number of hydrogen-bond donors (Lipinski definition) is 0. The number of aryl methyl sites for hydroxylation is 1. The summed E-state index contributed by atoms with van der Waals surface area (Å²) in [5.41, 5.74) is 2.15. The van der Waals surface area contributed by atoms with Crippen molar-refractivity contribution in [2.75, 3.05) is 16.6 Å². The molecule has 5 rings (SSSR count). The summed E-state index contributed by atoms with van der Waals surface area (Å²) >= 11 is 1.41. The molecule has 0 N–H and O–H groups in total. The maximum Gasteiger partial charge on any atom is 0.264 e. The van der Waals surface area contributed by atoms with Gasteiger partial charge in [-0.3, -0.25) is 4.31 Å². The zero-order chi connectivity index (χ0) is 21.8. The van der Waals surface area contributed by atoms with Crippen molar-refractivity contribution in [3.63, 3.8) is 0 Å². The fourth-order valence-corrected chi connectivity index (χ4v) is 7.62. The first-order valence-corrected chi connectivity index (χ1v) is 13.2. The normalized spacial score (nSPS) is 15.7. The summed E-state index contributed by atoms with van der Waals surface area (Å²) in [6.07, 6.45) is 4.57. The topological polar surface area (TPSA) is 110 Å². The number of fused-ring (bicyclic) bond motifs is 2. The third-order valence-corrected chi connectivity index (χ3v) is 9.55. The van der Waals surface area contributed by atoms with E-state index in [4.69, 9.17) is 0 Å². The summed E-state index contributed by atoms with van der Waals surface area (Å²) in [6.45, 7) is 1.70. The van der Waals surface area contributed by atoms with Gasteiger partial charge in [0.15, 0.2) is 9.84 Å². The van der Waals surface area contributed by atoms with Crippen LogP contribution in [-0.2, 0) is 19.9 Å². The number of nitrogens with zero attached hydrogens (tertiary/aromatic N) is 4. The summed E-state index contributed by atoms with van der Waals surface area (Å²) in [5.74, 6) is -0.283. The van der Waals surface area contributed by atoms with Crippen molar-refractivity contribution in [1.29, 1.82) is 0 Å². The minimum Gasteiger partial charge on any atom is -0.264 e. The number of thiazole rings is 1. The molecule has 31 heavy (non-hydrogen) atoms. The first-order valence-electron chi connectivity index (χ1n) is 9.28. The van der Waals surface area contributed by atoms with E-state index in [1.807, 2.05) is 6.92 Å². The molecule has 0 saturated heterocycles. The smallest absolute Gasteiger partial charge is 0.264 e. The van der Waals surface area contributed by atoms with Gasteiger partial charge in [0.2, 0.25) is 0 Å². The van der Waals surface area contributed by atoms with Crippen LogP contribution in [0, 0.1) is 6.92 Å². The zero-order valence-corrected chi connectivity index (χ0v) is 18.7. The standard InChI is InChI=1S/C20H16N4O4S3/c1-13-23-17-4-3-16(9-19(17)29-13)31(27,28)24-6-7-30(25,26)20-5-2-14(8-18(20)24)15-10-21-12-22-11-15/h2-5,8-12H,6-7H2,1H3. The number of sulfonamides is 1. The van der Waals surface area contributed by atoms with E-state index in [1.54, 1.807) is 36.7 Å². The molecule has 4 aromatic rings. The van der Waals surface area contributed by atoms with Gasteiger partial charge in [0.25, 0.3) is 10.0 Å². The molecule has 158 valence electrons. The monoisotopic (exact) mass is 472 g/mol. The van der Waals surface area contributed by atoms with Crippen LogP contribution >= 0.6 is 11.3 Å². The van der Waals surface area contributed by atoms with Gasteiger partial charge in [-0.15, -0.1) is 11.3 Å². The van der Waals surface area contributed by atoms with Crippen LogP contribution in [0.5, 0.6) is 0 Å². The van der Waals surface area contributed by atoms with Crippen LogP contribution < -0.4 is 4.31 Å². The molecule has 0 atom stereocenters. The highest BCUT2D eigenvalue weighted by molar-refractivity contribution is 7.94. The molecule has 0 aliphatic carbocycles. The lowest BCUT2D eigenvalue weighted by Crippen LogP contribution is -2.39. The highest BCUT2D eigenvalue weighted by Gasteiger charge is 2.36. The molecule has 0 saturated carbocycles. The molecule has 0 radical (unpaired) electrons. The van der Waals surface area contributed by atoms with Gasteiger partial charge in [0, 0.05) is 24.5 Å². The van der Waals surface area contributed by atoms with E-state index in [1.165, 1.54) is 34.1 Å². The van der Waals surface area contributed by atoms with Gasteiger partial charge in [0.05, 0.1) is 36.5 Å². The SMILES string of the molecule is Cc1nc2ccc(S(=O)(=O)N3CCS(=O)(=O)c4ccc(-c5cncnc5)cc43)cc2s1. The Labute approximate surface area is 183 Å². The number of aromatic nitrogens is 3. The van der Waals surface area contributed by atoms with Crippen molar-refractivity contribution in [2.45, 2.75) is 16.7 Å². The average molecular weight is 473 g/mol. The van der Waals surface area contributed by atoms with Crippen LogP contribution in [-0.4, -0.2) is 44.1 Å². The van der Waals surface area contributed by atoms with Gasteiger partial charge < -0.3 is 0 Å². The van der Waals surface area contributed by atoms with E-state index >= 15 is 0 Å². The van der Waals surface area contributed by atoms with Crippen molar-refractivity contribution >= 4 is 47.1 Å². The Bertz CT molecular complexity index is 1530. The van der Waals surface area contributed by atoms with Gasteiger partial charge in [0.1, 0.15) is 6.33 Å². The predicted molar refractivity (Wildman–Crippen MR) is 118 cm³/mol. The summed E-state index contributed by atoms with van der Waals surface area (Å²) in [5, 5.41) is 0.841. The fourth-order valence-electron chi connectivity index (χ4n) is 3.59. The Balaban J connectivity index is 1.67. The van der Waals surface area contributed by atoms with Crippen molar-refractivity contribution in [3.05, 3.63) is 60.1 Å². The van der Waals surface area contributed by atoms with Crippen molar-refractivity contribution in [1.82, 2.24) is 15.0 Å². The molecule has 0 unspecified atom stereocenters. The number of sulfone groups is 1.